The molecule has 0 spiro atoms. The van der Waals surface area contributed by atoms with E-state index in [0.717, 1.165) is 25.2 Å². The molecule has 0 aliphatic carbocycles. The lowest BCUT2D eigenvalue weighted by molar-refractivity contribution is 0.301. The van der Waals surface area contributed by atoms with Crippen LogP contribution in [0.25, 0.3) is 0 Å². The second-order valence-corrected chi connectivity index (χ2v) is 5.72. The van der Waals surface area contributed by atoms with Gasteiger partial charge in [-0.15, -0.1) is 0 Å². The molecule has 1 aromatic rings. The van der Waals surface area contributed by atoms with E-state index in [1.165, 1.54) is 5.56 Å². The summed E-state index contributed by atoms with van der Waals surface area (Å²) in [5.41, 5.74) is 1.38. The number of aliphatic hydroxyl groups excluding tert-OH is 1. The van der Waals surface area contributed by atoms with Gasteiger partial charge in [0.2, 0.25) is 0 Å². The fourth-order valence-electron chi connectivity index (χ4n) is 1.83. The lowest BCUT2D eigenvalue weighted by Gasteiger charge is -2.24. The van der Waals surface area contributed by atoms with Crippen molar-refractivity contribution in [2.24, 2.45) is 0 Å². The molecule has 1 rings (SSSR count). The quantitative estimate of drug-likeness (QED) is 0.843. The smallest absolute Gasteiger partial charge is 0.128 e. The molecule has 18 heavy (non-hydrogen) atoms. The first kappa shape index (κ1) is 15.0. The fraction of sp³-hybridized carbons (Fsp3) is 0.667. The van der Waals surface area contributed by atoms with Gasteiger partial charge in [0.15, 0.2) is 0 Å². The summed E-state index contributed by atoms with van der Waals surface area (Å²) in [5, 5.41) is 9.11. The Hall–Kier alpha value is -1.09. The molecule has 0 aliphatic heterocycles. The molecular weight excluding hydrogens is 224 g/mol. The number of nitrogens with zero attached hydrogens (tertiary/aromatic N) is 2. The van der Waals surface area contributed by atoms with Crippen molar-refractivity contribution in [3.63, 3.8) is 0 Å². The Bertz CT molecular complexity index is 341. The second kappa shape index (κ2) is 6.74. The van der Waals surface area contributed by atoms with Crippen molar-refractivity contribution in [2.45, 2.75) is 46.0 Å². The number of hydrogen-bond donors (Lipinski definition) is 1. The lowest BCUT2D eigenvalue weighted by atomic mass is 9.88. The molecule has 0 unspecified atom stereocenters. The van der Waals surface area contributed by atoms with Gasteiger partial charge in [0.05, 0.1) is 6.61 Å². The number of hydrogen-bond acceptors (Lipinski definition) is 3. The molecule has 0 saturated heterocycles. The Labute approximate surface area is 111 Å². The van der Waals surface area contributed by atoms with E-state index in [1.807, 2.05) is 6.20 Å². The number of unbranched alkanes of at least 4 members (excludes halogenated alkanes) is 1. The van der Waals surface area contributed by atoms with Gasteiger partial charge >= 0.3 is 0 Å². The van der Waals surface area contributed by atoms with Crippen LogP contribution < -0.4 is 4.90 Å². The highest BCUT2D eigenvalue weighted by Crippen LogP contribution is 2.23. The van der Waals surface area contributed by atoms with Gasteiger partial charge in [-0.1, -0.05) is 40.2 Å². The van der Waals surface area contributed by atoms with Crippen molar-refractivity contribution < 1.29 is 5.11 Å². The Balaban J connectivity index is 2.79. The molecule has 0 amide bonds. The Morgan fingerprint density at radius 3 is 2.39 bits per heavy atom. The van der Waals surface area contributed by atoms with E-state index in [-0.39, 0.29) is 12.0 Å². The Kier molecular flexibility index (Phi) is 5.60. The Morgan fingerprint density at radius 2 is 1.94 bits per heavy atom. The average molecular weight is 250 g/mol. The van der Waals surface area contributed by atoms with Crippen LogP contribution >= 0.6 is 0 Å². The maximum Gasteiger partial charge on any atom is 0.128 e. The first-order valence-electron chi connectivity index (χ1n) is 6.81. The highest BCUT2D eigenvalue weighted by molar-refractivity contribution is 5.40. The van der Waals surface area contributed by atoms with Crippen LogP contribution in [-0.4, -0.2) is 29.8 Å². The van der Waals surface area contributed by atoms with Crippen molar-refractivity contribution in [2.75, 3.05) is 24.6 Å². The summed E-state index contributed by atoms with van der Waals surface area (Å²) in [4.78, 5) is 6.68. The summed E-state index contributed by atoms with van der Waals surface area (Å²) < 4.78 is 0. The maximum absolute atomic E-state index is 9.11. The van der Waals surface area contributed by atoms with Crippen LogP contribution in [0.3, 0.4) is 0 Å². The van der Waals surface area contributed by atoms with Gasteiger partial charge in [-0.25, -0.2) is 4.98 Å². The normalized spacial score (nSPS) is 11.6. The number of aliphatic hydroxyl groups is 1. The third kappa shape index (κ3) is 4.30. The second-order valence-electron chi connectivity index (χ2n) is 5.72. The fourth-order valence-corrected chi connectivity index (χ4v) is 1.83. The van der Waals surface area contributed by atoms with Crippen LogP contribution in [0.15, 0.2) is 18.3 Å². The average Bonchev–Trinajstić information content (AvgIpc) is 2.33. The van der Waals surface area contributed by atoms with Gasteiger partial charge in [0.1, 0.15) is 5.82 Å². The topological polar surface area (TPSA) is 36.4 Å². The molecule has 0 radical (unpaired) electrons. The summed E-state index contributed by atoms with van der Waals surface area (Å²) in [6.45, 7) is 10.5. The van der Waals surface area contributed by atoms with Crippen LogP contribution in [0.5, 0.6) is 0 Å². The van der Waals surface area contributed by atoms with Gasteiger partial charge in [-0.3, -0.25) is 0 Å². The monoisotopic (exact) mass is 250 g/mol. The van der Waals surface area contributed by atoms with Crippen molar-refractivity contribution in [1.29, 1.82) is 0 Å². The first-order valence-corrected chi connectivity index (χ1v) is 6.81. The zero-order valence-corrected chi connectivity index (χ0v) is 12.1. The molecule has 102 valence electrons. The lowest BCUT2D eigenvalue weighted by Crippen LogP contribution is -2.28. The van der Waals surface area contributed by atoms with Crippen LogP contribution in [0, 0.1) is 0 Å². The highest BCUT2D eigenvalue weighted by Gasteiger charge is 2.14. The molecule has 0 bridgehead atoms. The minimum atomic E-state index is 0.136. The molecule has 3 heteroatoms. The van der Waals surface area contributed by atoms with E-state index in [0.29, 0.717) is 6.54 Å². The van der Waals surface area contributed by atoms with Crippen LogP contribution in [-0.2, 0) is 5.41 Å². The highest BCUT2D eigenvalue weighted by atomic mass is 16.3. The predicted molar refractivity (Wildman–Crippen MR) is 77.1 cm³/mol. The van der Waals surface area contributed by atoms with Gasteiger partial charge < -0.3 is 10.0 Å². The zero-order valence-electron chi connectivity index (χ0n) is 12.1. The molecule has 3 nitrogen and oxygen atoms in total. The van der Waals surface area contributed by atoms with E-state index in [2.05, 4.69) is 49.7 Å². The van der Waals surface area contributed by atoms with E-state index in [4.69, 9.17) is 5.11 Å². The van der Waals surface area contributed by atoms with Crippen molar-refractivity contribution in [3.05, 3.63) is 23.9 Å². The van der Waals surface area contributed by atoms with Crippen molar-refractivity contribution in [1.82, 2.24) is 4.98 Å². The first-order chi connectivity index (χ1) is 8.49. The summed E-state index contributed by atoms with van der Waals surface area (Å²) in [7, 11) is 0. The number of pyridine rings is 1. The summed E-state index contributed by atoms with van der Waals surface area (Å²) in [5.74, 6) is 0.963. The summed E-state index contributed by atoms with van der Waals surface area (Å²) in [6, 6.07) is 4.20. The molecule has 0 aromatic carbocycles. The van der Waals surface area contributed by atoms with Gasteiger partial charge in [-0.05, 0) is 23.5 Å². The van der Waals surface area contributed by atoms with Crippen LogP contribution in [0.2, 0.25) is 0 Å². The van der Waals surface area contributed by atoms with Crippen molar-refractivity contribution in [3.8, 4) is 0 Å². The minimum absolute atomic E-state index is 0.136. The molecule has 1 aromatic heterocycles. The number of rotatable bonds is 6. The van der Waals surface area contributed by atoms with Gasteiger partial charge in [0.25, 0.3) is 0 Å². The van der Waals surface area contributed by atoms with Gasteiger partial charge in [-0.2, -0.15) is 0 Å². The van der Waals surface area contributed by atoms with E-state index in [9.17, 15) is 0 Å². The van der Waals surface area contributed by atoms with Crippen LogP contribution in [0.4, 0.5) is 5.82 Å². The standard InChI is InChI=1S/C15H26N2O/c1-5-6-9-17(10-11-18)14-8-7-13(12-16-14)15(2,3)4/h7-8,12,18H,5-6,9-11H2,1-4H3. The molecule has 1 N–H and O–H groups in total. The molecule has 0 aliphatic rings. The third-order valence-electron chi connectivity index (χ3n) is 3.09. The van der Waals surface area contributed by atoms with E-state index < -0.39 is 0 Å². The number of aromatic nitrogens is 1. The Morgan fingerprint density at radius 1 is 1.22 bits per heavy atom. The van der Waals surface area contributed by atoms with Crippen LogP contribution in [0.1, 0.15) is 46.1 Å². The summed E-state index contributed by atoms with van der Waals surface area (Å²) in [6.07, 6.45) is 4.23. The maximum atomic E-state index is 9.11. The molecule has 0 fully saturated rings. The van der Waals surface area contributed by atoms with E-state index >= 15 is 0 Å². The summed E-state index contributed by atoms with van der Waals surface area (Å²) >= 11 is 0. The zero-order chi connectivity index (χ0) is 13.6. The molecular formula is C15H26N2O. The largest absolute Gasteiger partial charge is 0.395 e. The third-order valence-corrected chi connectivity index (χ3v) is 3.09. The predicted octanol–water partition coefficient (Wildman–Crippen LogP) is 2.98. The van der Waals surface area contributed by atoms with Crippen molar-refractivity contribution >= 4 is 5.82 Å². The van der Waals surface area contributed by atoms with Gasteiger partial charge in [0, 0.05) is 19.3 Å². The SMILES string of the molecule is CCCCN(CCO)c1ccc(C(C)(C)C)cn1. The number of anilines is 1. The molecule has 0 atom stereocenters. The minimum Gasteiger partial charge on any atom is -0.395 e. The van der Waals surface area contributed by atoms with E-state index in [1.54, 1.807) is 0 Å². The molecule has 1 heterocycles. The molecule has 0 saturated carbocycles.